The minimum absolute atomic E-state index is 0.0602. The molecule has 0 unspecified atom stereocenters. The Hall–Kier alpha value is -2.61. The summed E-state index contributed by atoms with van der Waals surface area (Å²) in [4.78, 5) is 16.7. The van der Waals surface area contributed by atoms with Gasteiger partial charge in [-0.2, -0.15) is 0 Å². The summed E-state index contributed by atoms with van der Waals surface area (Å²) in [5.41, 5.74) is 1.52. The Morgan fingerprint density at radius 1 is 1.24 bits per heavy atom. The second kappa shape index (κ2) is 9.73. The van der Waals surface area contributed by atoms with E-state index in [1.807, 2.05) is 36.7 Å². The zero-order chi connectivity index (χ0) is 20.8. The van der Waals surface area contributed by atoms with E-state index in [1.165, 1.54) is 0 Å². The second-order valence-corrected chi connectivity index (χ2v) is 7.27. The van der Waals surface area contributed by atoms with E-state index in [2.05, 4.69) is 15.2 Å². The van der Waals surface area contributed by atoms with Gasteiger partial charge in [0.1, 0.15) is 11.5 Å². The number of piperidine rings is 1. The predicted molar refractivity (Wildman–Crippen MR) is 110 cm³/mol. The molecule has 2 heterocycles. The summed E-state index contributed by atoms with van der Waals surface area (Å²) in [6, 6.07) is 6.08. The molecular weight excluding hydrogens is 370 g/mol. The standard InChI is InChI=1S/C21H31N5O3/c1-5-25(6-2)21(27)19-15-26(23-22-19)17-8-7-11-24(14-17)13-16-12-18(28-3)9-10-20(16)29-4/h9-10,12,15,17H,5-8,11,13-14H2,1-4H3/t17-/m1/s1. The Labute approximate surface area is 172 Å². The van der Waals surface area contributed by atoms with E-state index >= 15 is 0 Å². The number of carbonyl (C=O) groups is 1. The lowest BCUT2D eigenvalue weighted by atomic mass is 10.0. The lowest BCUT2D eigenvalue weighted by Crippen LogP contribution is -2.36. The average Bonchev–Trinajstić information content (AvgIpc) is 3.25. The van der Waals surface area contributed by atoms with Crippen LogP contribution in [-0.2, 0) is 6.54 Å². The maximum absolute atomic E-state index is 12.5. The molecule has 8 nitrogen and oxygen atoms in total. The second-order valence-electron chi connectivity index (χ2n) is 7.27. The van der Waals surface area contributed by atoms with Gasteiger partial charge in [-0.05, 0) is 51.4 Å². The zero-order valence-corrected chi connectivity index (χ0v) is 17.8. The van der Waals surface area contributed by atoms with Crippen molar-refractivity contribution in [2.24, 2.45) is 0 Å². The molecule has 1 aromatic carbocycles. The normalized spacial score (nSPS) is 17.2. The van der Waals surface area contributed by atoms with Gasteiger partial charge >= 0.3 is 0 Å². The van der Waals surface area contributed by atoms with E-state index in [0.717, 1.165) is 49.5 Å². The molecule has 0 saturated carbocycles. The Morgan fingerprint density at radius 2 is 2.03 bits per heavy atom. The molecule has 29 heavy (non-hydrogen) atoms. The number of benzene rings is 1. The summed E-state index contributed by atoms with van der Waals surface area (Å²) in [5, 5.41) is 8.40. The molecule has 1 aliphatic heterocycles. The van der Waals surface area contributed by atoms with Crippen molar-refractivity contribution in [2.75, 3.05) is 40.4 Å². The summed E-state index contributed by atoms with van der Waals surface area (Å²) in [6.07, 6.45) is 3.88. The van der Waals surface area contributed by atoms with Crippen LogP contribution in [-0.4, -0.2) is 71.1 Å². The van der Waals surface area contributed by atoms with Gasteiger partial charge in [0.2, 0.25) is 0 Å². The van der Waals surface area contributed by atoms with Crippen LogP contribution in [0.5, 0.6) is 11.5 Å². The quantitative estimate of drug-likeness (QED) is 0.677. The highest BCUT2D eigenvalue weighted by atomic mass is 16.5. The number of rotatable bonds is 8. The molecule has 0 N–H and O–H groups in total. The van der Waals surface area contributed by atoms with E-state index in [1.54, 1.807) is 25.3 Å². The highest BCUT2D eigenvalue weighted by Gasteiger charge is 2.25. The molecule has 2 aromatic rings. The van der Waals surface area contributed by atoms with Gasteiger partial charge < -0.3 is 14.4 Å². The highest BCUT2D eigenvalue weighted by molar-refractivity contribution is 5.91. The third-order valence-electron chi connectivity index (χ3n) is 5.52. The lowest BCUT2D eigenvalue weighted by Gasteiger charge is -2.32. The number of carbonyl (C=O) groups excluding carboxylic acids is 1. The van der Waals surface area contributed by atoms with Crippen LogP contribution in [0.4, 0.5) is 0 Å². The van der Waals surface area contributed by atoms with Gasteiger partial charge in [0, 0.05) is 31.7 Å². The van der Waals surface area contributed by atoms with Gasteiger partial charge in [-0.3, -0.25) is 9.69 Å². The highest BCUT2D eigenvalue weighted by Crippen LogP contribution is 2.28. The number of likely N-dealkylation sites (tertiary alicyclic amines) is 1. The molecule has 1 fully saturated rings. The van der Waals surface area contributed by atoms with Crippen LogP contribution in [0.1, 0.15) is 48.8 Å². The van der Waals surface area contributed by atoms with Crippen LogP contribution in [0.3, 0.4) is 0 Å². The summed E-state index contributed by atoms with van der Waals surface area (Å²) in [7, 11) is 3.36. The lowest BCUT2D eigenvalue weighted by molar-refractivity contribution is 0.0767. The molecule has 0 aliphatic carbocycles. The van der Waals surface area contributed by atoms with Crippen molar-refractivity contribution in [2.45, 2.75) is 39.3 Å². The Kier molecular flexibility index (Phi) is 7.09. The molecule has 0 spiro atoms. The third kappa shape index (κ3) is 4.87. The number of nitrogens with zero attached hydrogens (tertiary/aromatic N) is 5. The van der Waals surface area contributed by atoms with Crippen LogP contribution in [0.15, 0.2) is 24.4 Å². The fourth-order valence-corrected chi connectivity index (χ4v) is 3.86. The maximum atomic E-state index is 12.5. The monoisotopic (exact) mass is 401 g/mol. The first-order valence-electron chi connectivity index (χ1n) is 10.2. The van der Waals surface area contributed by atoms with Crippen LogP contribution in [0.2, 0.25) is 0 Å². The van der Waals surface area contributed by atoms with E-state index in [9.17, 15) is 4.79 Å². The summed E-state index contributed by atoms with van der Waals surface area (Å²) in [6.45, 7) is 7.91. The molecule has 1 aromatic heterocycles. The van der Waals surface area contributed by atoms with Crippen LogP contribution < -0.4 is 9.47 Å². The van der Waals surface area contributed by atoms with Gasteiger partial charge in [-0.15, -0.1) is 5.10 Å². The van der Waals surface area contributed by atoms with Crippen molar-refractivity contribution in [1.29, 1.82) is 0 Å². The molecule has 158 valence electrons. The average molecular weight is 402 g/mol. The summed E-state index contributed by atoms with van der Waals surface area (Å²) in [5.74, 6) is 1.63. The Balaban J connectivity index is 1.69. The Bertz CT molecular complexity index is 818. The maximum Gasteiger partial charge on any atom is 0.276 e. The first-order valence-corrected chi connectivity index (χ1v) is 10.2. The third-order valence-corrected chi connectivity index (χ3v) is 5.52. The van der Waals surface area contributed by atoms with Gasteiger partial charge in [0.15, 0.2) is 5.69 Å². The molecule has 1 amide bonds. The topological polar surface area (TPSA) is 72.7 Å². The van der Waals surface area contributed by atoms with Crippen LogP contribution >= 0.6 is 0 Å². The van der Waals surface area contributed by atoms with Gasteiger partial charge in [0.25, 0.3) is 5.91 Å². The fraction of sp³-hybridized carbons (Fsp3) is 0.571. The van der Waals surface area contributed by atoms with E-state index in [0.29, 0.717) is 18.8 Å². The van der Waals surface area contributed by atoms with Crippen LogP contribution in [0.25, 0.3) is 0 Å². The SMILES string of the molecule is CCN(CC)C(=O)c1cn([C@@H]2CCCN(Cc3cc(OC)ccc3OC)C2)nn1. The smallest absolute Gasteiger partial charge is 0.276 e. The molecule has 0 bridgehead atoms. The number of hydrogen-bond acceptors (Lipinski definition) is 6. The van der Waals surface area contributed by atoms with E-state index in [4.69, 9.17) is 9.47 Å². The zero-order valence-electron chi connectivity index (χ0n) is 17.8. The van der Waals surface area contributed by atoms with E-state index < -0.39 is 0 Å². The molecule has 1 saturated heterocycles. The molecule has 0 radical (unpaired) electrons. The number of amides is 1. The number of ether oxygens (including phenoxy) is 2. The summed E-state index contributed by atoms with van der Waals surface area (Å²) >= 11 is 0. The molecule has 1 atom stereocenters. The largest absolute Gasteiger partial charge is 0.497 e. The molecule has 3 rings (SSSR count). The van der Waals surface area contributed by atoms with Crippen molar-refractivity contribution in [1.82, 2.24) is 24.8 Å². The number of hydrogen-bond donors (Lipinski definition) is 0. The van der Waals surface area contributed by atoms with Crippen molar-refractivity contribution >= 4 is 5.91 Å². The molecule has 8 heteroatoms. The van der Waals surface area contributed by atoms with Crippen molar-refractivity contribution in [3.05, 3.63) is 35.7 Å². The summed E-state index contributed by atoms with van der Waals surface area (Å²) < 4.78 is 12.7. The minimum atomic E-state index is -0.0602. The number of aromatic nitrogens is 3. The van der Waals surface area contributed by atoms with Crippen molar-refractivity contribution in [3.8, 4) is 11.5 Å². The Morgan fingerprint density at radius 3 is 2.72 bits per heavy atom. The van der Waals surface area contributed by atoms with Crippen molar-refractivity contribution in [3.63, 3.8) is 0 Å². The first kappa shape index (κ1) is 21.1. The predicted octanol–water partition coefficient (Wildman–Crippen LogP) is 2.61. The number of methoxy groups -OCH3 is 2. The van der Waals surface area contributed by atoms with Gasteiger partial charge in [-0.25, -0.2) is 4.68 Å². The molecule has 1 aliphatic rings. The fourth-order valence-electron chi connectivity index (χ4n) is 3.86. The van der Waals surface area contributed by atoms with Gasteiger partial charge in [0.05, 0.1) is 26.5 Å². The van der Waals surface area contributed by atoms with Crippen molar-refractivity contribution < 1.29 is 14.3 Å². The van der Waals surface area contributed by atoms with Crippen LogP contribution in [0, 0.1) is 0 Å². The molecular formula is C21H31N5O3. The first-order chi connectivity index (χ1) is 14.1. The van der Waals surface area contributed by atoms with E-state index in [-0.39, 0.29) is 11.9 Å². The van der Waals surface area contributed by atoms with Gasteiger partial charge in [-0.1, -0.05) is 5.21 Å². The minimum Gasteiger partial charge on any atom is -0.497 e.